The van der Waals surface area contributed by atoms with Crippen molar-refractivity contribution in [1.29, 1.82) is 0 Å². The van der Waals surface area contributed by atoms with E-state index < -0.39 is 0 Å². The van der Waals surface area contributed by atoms with Gasteiger partial charge in [0.15, 0.2) is 5.43 Å². The van der Waals surface area contributed by atoms with Crippen molar-refractivity contribution in [2.24, 2.45) is 0 Å². The van der Waals surface area contributed by atoms with Gasteiger partial charge in [-0.2, -0.15) is 0 Å². The lowest BCUT2D eigenvalue weighted by Crippen LogP contribution is -2.11. The van der Waals surface area contributed by atoms with E-state index in [1.807, 2.05) is 18.2 Å². The largest absolute Gasteiger partial charge is 0.309 e. The SMILES string of the molecule is O=c1c2ccccc2n(-c2ccc3c(c2)CCC3)c2cc3c(cc12)CCC3. The summed E-state index contributed by atoms with van der Waals surface area (Å²) in [7, 11) is 0. The molecule has 27 heavy (non-hydrogen) atoms. The zero-order valence-corrected chi connectivity index (χ0v) is 15.3. The highest BCUT2D eigenvalue weighted by atomic mass is 16.1. The highest BCUT2D eigenvalue weighted by molar-refractivity contribution is 5.96. The minimum Gasteiger partial charge on any atom is -0.309 e. The third kappa shape index (κ3) is 2.16. The number of benzene rings is 3. The zero-order chi connectivity index (χ0) is 18.0. The predicted octanol–water partition coefficient (Wildman–Crippen LogP) is 5.12. The van der Waals surface area contributed by atoms with Crippen molar-refractivity contribution < 1.29 is 0 Å². The molecule has 0 atom stereocenters. The predicted molar refractivity (Wildman–Crippen MR) is 111 cm³/mol. The summed E-state index contributed by atoms with van der Waals surface area (Å²) in [6.07, 6.45) is 7.01. The van der Waals surface area contributed by atoms with Crippen molar-refractivity contribution >= 4 is 21.8 Å². The molecule has 0 fully saturated rings. The van der Waals surface area contributed by atoms with Crippen LogP contribution in [0.15, 0.2) is 59.4 Å². The molecule has 2 nitrogen and oxygen atoms in total. The molecule has 3 aromatic carbocycles. The first-order valence-corrected chi connectivity index (χ1v) is 10.0. The molecule has 1 heterocycles. The standard InChI is InChI=1S/C25H21NO/c27-25-21-9-1-2-10-23(21)26(20-12-11-16-5-3-6-17(16)13-20)24-15-19-8-4-7-18(19)14-22(24)25/h1-2,9-15H,3-8H2. The second kappa shape index (κ2) is 5.56. The van der Waals surface area contributed by atoms with Gasteiger partial charge < -0.3 is 4.57 Å². The number of hydrogen-bond donors (Lipinski definition) is 0. The van der Waals surface area contributed by atoms with Crippen LogP contribution in [-0.2, 0) is 25.7 Å². The Bertz CT molecular complexity index is 1300. The van der Waals surface area contributed by atoms with E-state index in [4.69, 9.17) is 0 Å². The van der Waals surface area contributed by atoms with Gasteiger partial charge in [0, 0.05) is 16.5 Å². The van der Waals surface area contributed by atoms with E-state index in [2.05, 4.69) is 41.0 Å². The average Bonchev–Trinajstić information content (AvgIpc) is 3.35. The number of aromatic nitrogens is 1. The van der Waals surface area contributed by atoms with Crippen LogP contribution >= 0.6 is 0 Å². The number of para-hydroxylation sites is 1. The highest BCUT2D eigenvalue weighted by Crippen LogP contribution is 2.32. The fourth-order valence-corrected chi connectivity index (χ4v) is 5.09. The Labute approximate surface area is 158 Å². The lowest BCUT2D eigenvalue weighted by atomic mass is 10.0. The van der Waals surface area contributed by atoms with E-state index in [9.17, 15) is 4.79 Å². The molecule has 0 saturated carbocycles. The highest BCUT2D eigenvalue weighted by Gasteiger charge is 2.19. The average molecular weight is 351 g/mol. The van der Waals surface area contributed by atoms with Gasteiger partial charge in [0.25, 0.3) is 0 Å². The Morgan fingerprint density at radius 1 is 0.630 bits per heavy atom. The van der Waals surface area contributed by atoms with Crippen LogP contribution in [0.4, 0.5) is 0 Å². The maximum atomic E-state index is 13.2. The Kier molecular flexibility index (Phi) is 3.13. The molecule has 2 aliphatic carbocycles. The summed E-state index contributed by atoms with van der Waals surface area (Å²) in [5.41, 5.74) is 9.10. The van der Waals surface area contributed by atoms with Crippen LogP contribution in [0.3, 0.4) is 0 Å². The fraction of sp³-hybridized carbons (Fsp3) is 0.240. The number of pyridine rings is 1. The molecule has 0 bridgehead atoms. The molecule has 0 amide bonds. The Hall–Kier alpha value is -2.87. The summed E-state index contributed by atoms with van der Waals surface area (Å²) in [4.78, 5) is 13.2. The number of aryl methyl sites for hydroxylation is 4. The van der Waals surface area contributed by atoms with Gasteiger partial charge in [-0.1, -0.05) is 18.2 Å². The quantitative estimate of drug-likeness (QED) is 0.436. The van der Waals surface area contributed by atoms with Crippen molar-refractivity contribution in [2.75, 3.05) is 0 Å². The second-order valence-corrected chi connectivity index (χ2v) is 7.98. The summed E-state index contributed by atoms with van der Waals surface area (Å²) in [6, 6.07) is 19.3. The Morgan fingerprint density at radius 2 is 1.33 bits per heavy atom. The summed E-state index contributed by atoms with van der Waals surface area (Å²) in [5.74, 6) is 0. The third-order valence-corrected chi connectivity index (χ3v) is 6.43. The molecule has 0 unspecified atom stereocenters. The van der Waals surface area contributed by atoms with E-state index in [0.717, 1.165) is 41.1 Å². The molecule has 0 radical (unpaired) electrons. The van der Waals surface area contributed by atoms with Gasteiger partial charge in [-0.3, -0.25) is 4.79 Å². The van der Waals surface area contributed by atoms with E-state index >= 15 is 0 Å². The zero-order valence-electron chi connectivity index (χ0n) is 15.3. The summed E-state index contributed by atoms with van der Waals surface area (Å²) < 4.78 is 2.31. The van der Waals surface area contributed by atoms with Gasteiger partial charge in [-0.25, -0.2) is 0 Å². The molecule has 4 aromatic rings. The maximum absolute atomic E-state index is 13.2. The van der Waals surface area contributed by atoms with Gasteiger partial charge in [-0.15, -0.1) is 0 Å². The normalized spacial score (nSPS) is 15.4. The molecular weight excluding hydrogens is 330 g/mol. The molecule has 0 aliphatic heterocycles. The van der Waals surface area contributed by atoms with E-state index in [-0.39, 0.29) is 5.43 Å². The van der Waals surface area contributed by atoms with Crippen LogP contribution in [-0.4, -0.2) is 4.57 Å². The molecule has 6 rings (SSSR count). The van der Waals surface area contributed by atoms with Gasteiger partial charge in [-0.05, 0) is 97.2 Å². The lowest BCUT2D eigenvalue weighted by Gasteiger charge is -2.17. The number of hydrogen-bond acceptors (Lipinski definition) is 1. The fourth-order valence-electron chi connectivity index (χ4n) is 5.09. The van der Waals surface area contributed by atoms with Crippen molar-refractivity contribution in [2.45, 2.75) is 38.5 Å². The van der Waals surface area contributed by atoms with Crippen LogP contribution in [0.25, 0.3) is 27.5 Å². The van der Waals surface area contributed by atoms with Crippen molar-refractivity contribution in [1.82, 2.24) is 4.57 Å². The summed E-state index contributed by atoms with van der Waals surface area (Å²) in [5, 5.41) is 1.67. The minimum absolute atomic E-state index is 0.160. The van der Waals surface area contributed by atoms with E-state index in [1.54, 1.807) is 0 Å². The van der Waals surface area contributed by atoms with Crippen LogP contribution in [0.2, 0.25) is 0 Å². The molecule has 0 spiro atoms. The van der Waals surface area contributed by atoms with Crippen LogP contribution in [0.1, 0.15) is 35.1 Å². The first kappa shape index (κ1) is 15.2. The molecule has 0 saturated heterocycles. The lowest BCUT2D eigenvalue weighted by molar-refractivity contribution is 0.911. The monoisotopic (exact) mass is 351 g/mol. The van der Waals surface area contributed by atoms with Crippen molar-refractivity contribution in [3.63, 3.8) is 0 Å². The topological polar surface area (TPSA) is 22.0 Å². The van der Waals surface area contributed by atoms with Gasteiger partial charge >= 0.3 is 0 Å². The summed E-state index contributed by atoms with van der Waals surface area (Å²) >= 11 is 0. The first-order chi connectivity index (χ1) is 13.3. The molecule has 132 valence electrons. The summed E-state index contributed by atoms with van der Waals surface area (Å²) in [6.45, 7) is 0. The Morgan fingerprint density at radius 3 is 2.19 bits per heavy atom. The molecular formula is C25H21NO. The molecule has 1 aromatic heterocycles. The second-order valence-electron chi connectivity index (χ2n) is 7.98. The number of fused-ring (bicyclic) bond motifs is 4. The number of nitrogens with zero attached hydrogens (tertiary/aromatic N) is 1. The molecule has 2 aliphatic rings. The van der Waals surface area contributed by atoms with Gasteiger partial charge in [0.1, 0.15) is 0 Å². The third-order valence-electron chi connectivity index (χ3n) is 6.43. The maximum Gasteiger partial charge on any atom is 0.197 e. The van der Waals surface area contributed by atoms with Crippen molar-refractivity contribution in [3.8, 4) is 5.69 Å². The van der Waals surface area contributed by atoms with Crippen LogP contribution < -0.4 is 5.43 Å². The smallest absolute Gasteiger partial charge is 0.197 e. The molecule has 0 N–H and O–H groups in total. The van der Waals surface area contributed by atoms with Gasteiger partial charge in [0.05, 0.1) is 11.0 Å². The van der Waals surface area contributed by atoms with Crippen LogP contribution in [0, 0.1) is 0 Å². The van der Waals surface area contributed by atoms with E-state index in [0.29, 0.717) is 0 Å². The van der Waals surface area contributed by atoms with Crippen LogP contribution in [0.5, 0.6) is 0 Å². The first-order valence-electron chi connectivity index (χ1n) is 10.0. The van der Waals surface area contributed by atoms with Gasteiger partial charge in [0.2, 0.25) is 0 Å². The van der Waals surface area contributed by atoms with E-state index in [1.165, 1.54) is 47.2 Å². The number of rotatable bonds is 1. The Balaban J connectivity index is 1.78. The minimum atomic E-state index is 0.160. The molecule has 2 heteroatoms. The van der Waals surface area contributed by atoms with Crippen molar-refractivity contribution in [3.05, 3.63) is 87.1 Å².